The van der Waals surface area contributed by atoms with Gasteiger partial charge < -0.3 is 0 Å². The van der Waals surface area contributed by atoms with Crippen molar-refractivity contribution in [2.75, 3.05) is 13.1 Å². The Morgan fingerprint density at radius 1 is 1.50 bits per heavy atom. The summed E-state index contributed by atoms with van der Waals surface area (Å²) < 4.78 is 5.65. The molecule has 0 aliphatic carbocycles. The van der Waals surface area contributed by atoms with Crippen LogP contribution in [-0.2, 0) is 0 Å². The quantitative estimate of drug-likeness (QED) is 0.586. The SMILES string of the molecule is CCN(CC)C(=[Se])C(=O)c1ccco1. The Kier molecular flexibility index (Phi) is 4.11. The standard InChI is InChI=1S/C10H13NO2Se/c1-3-11(4-2)10(14)9(12)8-6-5-7-13-8/h5-7H,3-4H2,1-2H3. The van der Waals surface area contributed by atoms with Gasteiger partial charge in [0.05, 0.1) is 0 Å². The first-order valence-corrected chi connectivity index (χ1v) is 5.43. The van der Waals surface area contributed by atoms with E-state index in [9.17, 15) is 4.79 Å². The van der Waals surface area contributed by atoms with Crippen molar-refractivity contribution in [3.05, 3.63) is 24.2 Å². The van der Waals surface area contributed by atoms with Gasteiger partial charge in [-0.15, -0.1) is 0 Å². The van der Waals surface area contributed by atoms with Crippen LogP contribution in [0, 0.1) is 0 Å². The molecule has 0 radical (unpaired) electrons. The van der Waals surface area contributed by atoms with Crippen molar-refractivity contribution >= 4 is 25.9 Å². The maximum absolute atomic E-state index is 11.8. The van der Waals surface area contributed by atoms with Crippen LogP contribution in [-0.4, -0.2) is 43.9 Å². The molecule has 0 fully saturated rings. The first-order chi connectivity index (χ1) is 6.70. The van der Waals surface area contributed by atoms with E-state index in [1.54, 1.807) is 12.1 Å². The Hall–Kier alpha value is -0.861. The summed E-state index contributed by atoms with van der Waals surface area (Å²) in [5.41, 5.74) is 0. The molecule has 0 atom stereocenters. The van der Waals surface area contributed by atoms with E-state index >= 15 is 0 Å². The predicted octanol–water partition coefficient (Wildman–Crippen LogP) is 1.10. The van der Waals surface area contributed by atoms with Crippen molar-refractivity contribution in [1.82, 2.24) is 4.90 Å². The number of nitrogens with zero attached hydrogens (tertiary/aromatic N) is 1. The van der Waals surface area contributed by atoms with Crippen LogP contribution >= 0.6 is 0 Å². The van der Waals surface area contributed by atoms with Crippen LogP contribution in [0.4, 0.5) is 0 Å². The normalized spacial score (nSPS) is 9.86. The molecule has 0 aromatic carbocycles. The molecule has 14 heavy (non-hydrogen) atoms. The molecule has 4 heteroatoms. The zero-order valence-corrected chi connectivity index (χ0v) is 10.0. The molecular weight excluding hydrogens is 245 g/mol. The van der Waals surface area contributed by atoms with Gasteiger partial charge in [-0.05, 0) is 0 Å². The summed E-state index contributed by atoms with van der Waals surface area (Å²) in [6.45, 7) is 5.64. The summed E-state index contributed by atoms with van der Waals surface area (Å²) in [5, 5.41) is 0. The molecule has 0 saturated heterocycles. The van der Waals surface area contributed by atoms with Gasteiger partial charge in [0.15, 0.2) is 0 Å². The summed E-state index contributed by atoms with van der Waals surface area (Å²) in [7, 11) is 0. The number of ketones is 1. The third-order valence-corrected chi connectivity index (χ3v) is 2.92. The molecular formula is C10H13NO2Se. The fourth-order valence-corrected chi connectivity index (χ4v) is 1.92. The van der Waals surface area contributed by atoms with Crippen LogP contribution in [0.5, 0.6) is 0 Å². The molecule has 0 aliphatic heterocycles. The van der Waals surface area contributed by atoms with Crippen LogP contribution in [0.1, 0.15) is 24.4 Å². The number of hydrogen-bond donors (Lipinski definition) is 0. The molecule has 0 amide bonds. The first-order valence-electron chi connectivity index (χ1n) is 4.57. The Bertz CT molecular complexity index is 315. The molecule has 0 saturated carbocycles. The van der Waals surface area contributed by atoms with Gasteiger partial charge in [0, 0.05) is 0 Å². The van der Waals surface area contributed by atoms with Crippen molar-refractivity contribution < 1.29 is 9.21 Å². The summed E-state index contributed by atoms with van der Waals surface area (Å²) >= 11 is 2.80. The number of furan rings is 1. The van der Waals surface area contributed by atoms with E-state index in [1.165, 1.54) is 6.26 Å². The predicted molar refractivity (Wildman–Crippen MR) is 56.7 cm³/mol. The van der Waals surface area contributed by atoms with Crippen LogP contribution in [0.25, 0.3) is 0 Å². The van der Waals surface area contributed by atoms with E-state index in [4.69, 9.17) is 4.42 Å². The van der Waals surface area contributed by atoms with Crippen molar-refractivity contribution in [3.8, 4) is 0 Å². The molecule has 0 unspecified atom stereocenters. The Morgan fingerprint density at radius 3 is 2.57 bits per heavy atom. The minimum atomic E-state index is -0.0845. The van der Waals surface area contributed by atoms with Crippen molar-refractivity contribution in [2.45, 2.75) is 13.8 Å². The van der Waals surface area contributed by atoms with E-state index in [-0.39, 0.29) is 5.78 Å². The van der Waals surface area contributed by atoms with Gasteiger partial charge in [0.2, 0.25) is 0 Å². The van der Waals surface area contributed by atoms with Crippen molar-refractivity contribution in [1.29, 1.82) is 0 Å². The van der Waals surface area contributed by atoms with Gasteiger partial charge >= 0.3 is 91.1 Å². The molecule has 1 aromatic rings. The number of hydrogen-bond acceptors (Lipinski definition) is 3. The molecule has 0 bridgehead atoms. The summed E-state index contributed by atoms with van der Waals surface area (Å²) in [6, 6.07) is 3.38. The van der Waals surface area contributed by atoms with Gasteiger partial charge in [-0.1, -0.05) is 0 Å². The topological polar surface area (TPSA) is 33.5 Å². The van der Waals surface area contributed by atoms with E-state index in [0.717, 1.165) is 13.1 Å². The Morgan fingerprint density at radius 2 is 2.14 bits per heavy atom. The molecule has 76 valence electrons. The van der Waals surface area contributed by atoms with Gasteiger partial charge in [0.1, 0.15) is 0 Å². The summed E-state index contributed by atoms with van der Waals surface area (Å²) in [6.07, 6.45) is 1.50. The molecule has 1 rings (SSSR count). The number of carbonyl (C=O) groups excluding carboxylic acids is 1. The second-order valence-corrected chi connectivity index (χ2v) is 3.60. The fraction of sp³-hybridized carbons (Fsp3) is 0.400. The average molecular weight is 258 g/mol. The fourth-order valence-electron chi connectivity index (χ4n) is 1.17. The maximum atomic E-state index is 11.8. The van der Waals surface area contributed by atoms with Crippen molar-refractivity contribution in [3.63, 3.8) is 0 Å². The van der Waals surface area contributed by atoms with Gasteiger partial charge in [-0.3, -0.25) is 0 Å². The molecule has 3 nitrogen and oxygen atoms in total. The van der Waals surface area contributed by atoms with Crippen LogP contribution < -0.4 is 0 Å². The number of rotatable bonds is 5. The number of Topliss-reactive ketones (excluding diaryl/α,β-unsaturated/α-hetero) is 1. The number of carbonyl (C=O) groups is 1. The minimum absolute atomic E-state index is 0.0845. The third kappa shape index (κ3) is 2.34. The molecule has 0 N–H and O–H groups in total. The van der Waals surface area contributed by atoms with Crippen LogP contribution in [0.15, 0.2) is 22.8 Å². The second kappa shape index (κ2) is 5.13. The summed E-state index contributed by atoms with van der Waals surface area (Å²) in [5.74, 6) is 0.296. The number of likely N-dealkylation sites (N-methyl/N-ethyl adjacent to an activating group) is 1. The van der Waals surface area contributed by atoms with Crippen LogP contribution in [0.2, 0.25) is 0 Å². The van der Waals surface area contributed by atoms with Crippen LogP contribution in [0.3, 0.4) is 0 Å². The zero-order valence-electron chi connectivity index (χ0n) is 8.32. The molecule has 1 heterocycles. The first kappa shape index (κ1) is 11.2. The van der Waals surface area contributed by atoms with Gasteiger partial charge in [0.25, 0.3) is 0 Å². The van der Waals surface area contributed by atoms with Gasteiger partial charge in [-0.25, -0.2) is 0 Å². The Labute approximate surface area is 91.4 Å². The zero-order chi connectivity index (χ0) is 10.6. The Balaban J connectivity index is 2.75. The van der Waals surface area contributed by atoms with Gasteiger partial charge in [-0.2, -0.15) is 0 Å². The third-order valence-electron chi connectivity index (χ3n) is 1.99. The van der Waals surface area contributed by atoms with E-state index in [2.05, 4.69) is 15.6 Å². The van der Waals surface area contributed by atoms with Crippen molar-refractivity contribution in [2.24, 2.45) is 0 Å². The second-order valence-electron chi connectivity index (χ2n) is 2.78. The average Bonchev–Trinajstić information content (AvgIpc) is 2.71. The van der Waals surface area contributed by atoms with E-state index in [1.807, 2.05) is 18.7 Å². The molecule has 1 aromatic heterocycles. The molecule has 0 spiro atoms. The summed E-state index contributed by atoms with van der Waals surface area (Å²) in [4.78, 5) is 13.7. The van der Waals surface area contributed by atoms with E-state index in [0.29, 0.717) is 10.3 Å². The van der Waals surface area contributed by atoms with E-state index < -0.39 is 0 Å². The monoisotopic (exact) mass is 259 g/mol. The molecule has 0 aliphatic rings.